The highest BCUT2D eigenvalue weighted by Gasteiger charge is 2.44. The van der Waals surface area contributed by atoms with Crippen LogP contribution >= 0.6 is 15.9 Å². The number of allylic oxidation sites excluding steroid dienone is 1. The number of benzene rings is 3. The number of fused-ring (bicyclic) bond motifs is 1. The lowest BCUT2D eigenvalue weighted by molar-refractivity contribution is 0.0680. The van der Waals surface area contributed by atoms with Crippen molar-refractivity contribution in [2.75, 3.05) is 13.2 Å². The third kappa shape index (κ3) is 5.49. The molecular formula is C31H31BrN2O3. The molecule has 0 spiro atoms. The van der Waals surface area contributed by atoms with Crippen LogP contribution in [0.5, 0.6) is 11.5 Å². The lowest BCUT2D eigenvalue weighted by Crippen LogP contribution is -2.31. The molecule has 0 aromatic heterocycles. The summed E-state index contributed by atoms with van der Waals surface area (Å²) in [5.74, 6) is 1.74. The van der Waals surface area contributed by atoms with E-state index in [2.05, 4.69) is 46.3 Å². The first kappa shape index (κ1) is 25.3. The van der Waals surface area contributed by atoms with Gasteiger partial charge in [-0.2, -0.15) is 5.10 Å². The van der Waals surface area contributed by atoms with E-state index in [0.29, 0.717) is 18.8 Å². The number of hydrazone groups is 1. The first-order valence-corrected chi connectivity index (χ1v) is 13.7. The molecule has 3 aromatic carbocycles. The van der Waals surface area contributed by atoms with Gasteiger partial charge < -0.3 is 9.47 Å². The van der Waals surface area contributed by atoms with Gasteiger partial charge in [0.1, 0.15) is 11.5 Å². The average molecular weight is 560 g/mol. The molecule has 1 aliphatic heterocycles. The molecule has 6 heteroatoms. The minimum Gasteiger partial charge on any atom is -0.494 e. The largest absolute Gasteiger partial charge is 0.494 e. The summed E-state index contributed by atoms with van der Waals surface area (Å²) in [5, 5.41) is 6.72. The van der Waals surface area contributed by atoms with E-state index < -0.39 is 0 Å². The number of hydrogen-bond donors (Lipinski definition) is 0. The Kier molecular flexibility index (Phi) is 7.75. The zero-order chi connectivity index (χ0) is 25.8. The first-order chi connectivity index (χ1) is 18.1. The van der Waals surface area contributed by atoms with Gasteiger partial charge in [0.2, 0.25) is 0 Å². The van der Waals surface area contributed by atoms with Crippen LogP contribution in [-0.2, 0) is 0 Å². The molecule has 5 rings (SSSR count). The highest BCUT2D eigenvalue weighted by molar-refractivity contribution is 9.10. The van der Waals surface area contributed by atoms with E-state index in [9.17, 15) is 4.79 Å². The Morgan fingerprint density at radius 1 is 1.00 bits per heavy atom. The van der Waals surface area contributed by atoms with Crippen molar-refractivity contribution in [3.63, 3.8) is 0 Å². The van der Waals surface area contributed by atoms with Gasteiger partial charge in [0, 0.05) is 16.0 Å². The Morgan fingerprint density at radius 3 is 2.32 bits per heavy atom. The average Bonchev–Trinajstić information content (AvgIpc) is 3.31. The molecule has 1 saturated carbocycles. The fourth-order valence-electron chi connectivity index (χ4n) is 5.21. The molecule has 0 radical (unpaired) electrons. The van der Waals surface area contributed by atoms with Crippen LogP contribution in [0, 0.1) is 5.92 Å². The summed E-state index contributed by atoms with van der Waals surface area (Å²) < 4.78 is 12.1. The summed E-state index contributed by atoms with van der Waals surface area (Å²) in [6.45, 7) is 5.22. The summed E-state index contributed by atoms with van der Waals surface area (Å²) in [5.41, 5.74) is 5.00. The van der Waals surface area contributed by atoms with Crippen molar-refractivity contribution >= 4 is 33.6 Å². The van der Waals surface area contributed by atoms with Gasteiger partial charge in [0.25, 0.3) is 5.91 Å². The maximum absolute atomic E-state index is 13.8. The third-order valence-electron chi connectivity index (χ3n) is 6.85. The minimum atomic E-state index is -0.166. The van der Waals surface area contributed by atoms with Gasteiger partial charge in [-0.15, -0.1) is 0 Å². The van der Waals surface area contributed by atoms with E-state index in [1.165, 1.54) is 5.57 Å². The van der Waals surface area contributed by atoms with E-state index in [4.69, 9.17) is 14.6 Å². The van der Waals surface area contributed by atoms with Gasteiger partial charge >= 0.3 is 0 Å². The van der Waals surface area contributed by atoms with Gasteiger partial charge in [-0.05, 0) is 98.4 Å². The number of ether oxygens (including phenoxy) is 2. The van der Waals surface area contributed by atoms with E-state index in [1.807, 2.05) is 62.4 Å². The highest BCUT2D eigenvalue weighted by atomic mass is 79.9. The van der Waals surface area contributed by atoms with Crippen molar-refractivity contribution in [1.82, 2.24) is 5.01 Å². The van der Waals surface area contributed by atoms with Crippen LogP contribution in [-0.4, -0.2) is 29.8 Å². The van der Waals surface area contributed by atoms with Gasteiger partial charge in [0.15, 0.2) is 0 Å². The molecule has 5 nitrogen and oxygen atoms in total. The van der Waals surface area contributed by atoms with Crippen LogP contribution < -0.4 is 9.47 Å². The lowest BCUT2D eigenvalue weighted by Gasteiger charge is -2.30. The zero-order valence-electron chi connectivity index (χ0n) is 21.2. The van der Waals surface area contributed by atoms with E-state index >= 15 is 0 Å². The maximum atomic E-state index is 13.8. The molecule has 0 N–H and O–H groups in total. The number of hydrogen-bond acceptors (Lipinski definition) is 4. The number of rotatable bonds is 7. The standard InChI is InChI=1S/C31H31BrN2O3/c1-3-36-26-15-11-21(12-16-26)19-23-7-6-10-28-29(23)33-34(31(35)24-8-5-9-25(32)20-24)30(28)22-13-17-27(18-14-22)37-4-2/h5,8-9,11-20,28,30H,3-4,6-7,10H2,1-2H3/b23-19+/t28-,30-/m0/s1. The molecular weight excluding hydrogens is 528 g/mol. The summed E-state index contributed by atoms with van der Waals surface area (Å²) in [4.78, 5) is 13.8. The molecule has 0 bridgehead atoms. The normalized spacial score (nSPS) is 19.9. The quantitative estimate of drug-likeness (QED) is 0.298. The molecule has 2 atom stereocenters. The molecule has 3 aromatic rings. The van der Waals surface area contributed by atoms with Gasteiger partial charge in [0.05, 0.1) is 25.0 Å². The Labute approximate surface area is 226 Å². The number of carbonyl (C=O) groups excluding carboxylic acids is 1. The third-order valence-corrected chi connectivity index (χ3v) is 7.34. The minimum absolute atomic E-state index is 0.0949. The highest BCUT2D eigenvalue weighted by Crippen LogP contribution is 2.45. The van der Waals surface area contributed by atoms with E-state index in [-0.39, 0.29) is 17.9 Å². The SMILES string of the molecule is CCOc1ccc(/C=C2\CCC[C@H]3C2=NN(C(=O)c2cccc(Br)c2)[C@H]3c2ccc(OCC)cc2)cc1. The predicted molar refractivity (Wildman–Crippen MR) is 151 cm³/mol. The lowest BCUT2D eigenvalue weighted by atomic mass is 9.77. The fourth-order valence-corrected chi connectivity index (χ4v) is 5.61. The fraction of sp³-hybridized carbons (Fsp3) is 0.290. The maximum Gasteiger partial charge on any atom is 0.274 e. The van der Waals surface area contributed by atoms with E-state index in [0.717, 1.165) is 52.1 Å². The second-order valence-corrected chi connectivity index (χ2v) is 10.2. The van der Waals surface area contributed by atoms with Gasteiger partial charge in [-0.1, -0.05) is 46.3 Å². The molecule has 1 fully saturated rings. The monoisotopic (exact) mass is 558 g/mol. The molecule has 1 heterocycles. The smallest absolute Gasteiger partial charge is 0.274 e. The van der Waals surface area contributed by atoms with Crippen molar-refractivity contribution in [3.8, 4) is 11.5 Å². The Bertz CT molecular complexity index is 1320. The van der Waals surface area contributed by atoms with Crippen molar-refractivity contribution < 1.29 is 14.3 Å². The molecule has 2 aliphatic rings. The summed E-state index contributed by atoms with van der Waals surface area (Å²) in [7, 11) is 0. The van der Waals surface area contributed by atoms with Crippen LogP contribution in [0.1, 0.15) is 60.6 Å². The molecule has 0 unspecified atom stereocenters. The number of amides is 1. The molecule has 1 amide bonds. The van der Waals surface area contributed by atoms with Gasteiger partial charge in [-0.3, -0.25) is 4.79 Å². The second kappa shape index (κ2) is 11.3. The number of halogens is 1. The molecule has 190 valence electrons. The van der Waals surface area contributed by atoms with Crippen LogP contribution in [0.4, 0.5) is 0 Å². The summed E-state index contributed by atoms with van der Waals surface area (Å²) >= 11 is 3.51. The first-order valence-electron chi connectivity index (χ1n) is 12.9. The molecule has 37 heavy (non-hydrogen) atoms. The summed E-state index contributed by atoms with van der Waals surface area (Å²) in [6.07, 6.45) is 5.19. The van der Waals surface area contributed by atoms with Crippen LogP contribution in [0.2, 0.25) is 0 Å². The zero-order valence-corrected chi connectivity index (χ0v) is 22.8. The molecule has 0 saturated heterocycles. The Morgan fingerprint density at radius 2 is 1.68 bits per heavy atom. The summed E-state index contributed by atoms with van der Waals surface area (Å²) in [6, 6.07) is 23.6. The number of nitrogens with zero attached hydrogens (tertiary/aromatic N) is 2. The van der Waals surface area contributed by atoms with E-state index in [1.54, 1.807) is 5.01 Å². The predicted octanol–water partition coefficient (Wildman–Crippen LogP) is 7.68. The molecule has 1 aliphatic carbocycles. The van der Waals surface area contributed by atoms with Crippen LogP contribution in [0.25, 0.3) is 6.08 Å². The van der Waals surface area contributed by atoms with Gasteiger partial charge in [-0.25, -0.2) is 5.01 Å². The van der Waals surface area contributed by atoms with Crippen LogP contribution in [0.3, 0.4) is 0 Å². The number of carbonyl (C=O) groups is 1. The van der Waals surface area contributed by atoms with Crippen molar-refractivity contribution in [2.45, 2.75) is 39.2 Å². The van der Waals surface area contributed by atoms with Crippen molar-refractivity contribution in [1.29, 1.82) is 0 Å². The van der Waals surface area contributed by atoms with Crippen molar-refractivity contribution in [2.24, 2.45) is 11.0 Å². The Hall–Kier alpha value is -3.38. The van der Waals surface area contributed by atoms with Crippen molar-refractivity contribution in [3.05, 3.63) is 99.5 Å². The van der Waals surface area contributed by atoms with Crippen LogP contribution in [0.15, 0.2) is 87.9 Å². The Balaban J connectivity index is 1.52. The second-order valence-electron chi connectivity index (χ2n) is 9.26. The topological polar surface area (TPSA) is 51.1 Å².